The zero-order valence-corrected chi connectivity index (χ0v) is 17.0. The van der Waals surface area contributed by atoms with E-state index in [2.05, 4.69) is 10.3 Å². The Bertz CT molecular complexity index is 791. The quantitative estimate of drug-likeness (QED) is 0.640. The molecule has 148 valence electrons. The average molecular weight is 394 g/mol. The molecule has 1 atom stereocenters. The van der Waals surface area contributed by atoms with Gasteiger partial charge in [0.15, 0.2) is 0 Å². The van der Waals surface area contributed by atoms with Crippen molar-refractivity contribution in [2.24, 2.45) is 0 Å². The summed E-state index contributed by atoms with van der Waals surface area (Å²) in [5.74, 6) is 0.690. The Balaban J connectivity index is 1.95. The molecule has 2 heterocycles. The van der Waals surface area contributed by atoms with E-state index in [0.29, 0.717) is 18.3 Å². The Hall–Kier alpha value is -1.66. The topological polar surface area (TPSA) is 82.8 Å². The molecule has 7 nitrogen and oxygen atoms in total. The fraction of sp³-hybridized carbons (Fsp3) is 0.526. The molecule has 0 radical (unpaired) electrons. The van der Waals surface area contributed by atoms with Crippen LogP contribution in [0.15, 0.2) is 28.7 Å². The van der Waals surface area contributed by atoms with Gasteiger partial charge in [-0.1, -0.05) is 17.7 Å². The van der Waals surface area contributed by atoms with Crippen molar-refractivity contribution in [3.63, 3.8) is 0 Å². The van der Waals surface area contributed by atoms with Crippen molar-refractivity contribution >= 4 is 18.9 Å². The number of hydrogen-bond acceptors (Lipinski definition) is 7. The van der Waals surface area contributed by atoms with Gasteiger partial charge in [0.1, 0.15) is 0 Å². The van der Waals surface area contributed by atoms with Crippen LogP contribution >= 0.6 is 7.60 Å². The average Bonchev–Trinajstić information content (AvgIpc) is 3.30. The molecular formula is C19H27N2O5P. The van der Waals surface area contributed by atoms with Gasteiger partial charge in [0.25, 0.3) is 0 Å². The van der Waals surface area contributed by atoms with Gasteiger partial charge < -0.3 is 23.5 Å². The molecule has 3 rings (SSSR count). The molecule has 0 saturated carbocycles. The number of rotatable bonds is 9. The van der Waals surface area contributed by atoms with Gasteiger partial charge in [-0.15, -0.1) is 0 Å². The number of nitrogens with zero attached hydrogens (tertiary/aromatic N) is 1. The van der Waals surface area contributed by atoms with E-state index in [1.54, 1.807) is 13.8 Å². The summed E-state index contributed by atoms with van der Waals surface area (Å²) in [4.78, 5) is 4.49. The van der Waals surface area contributed by atoms with Crippen molar-refractivity contribution in [3.05, 3.63) is 29.8 Å². The van der Waals surface area contributed by atoms with E-state index in [-0.39, 0.29) is 24.8 Å². The lowest BCUT2D eigenvalue weighted by Gasteiger charge is -2.16. The van der Waals surface area contributed by atoms with Gasteiger partial charge in [-0.2, -0.15) is 4.98 Å². The first-order chi connectivity index (χ1) is 13.1. The first kappa shape index (κ1) is 20.1. The van der Waals surface area contributed by atoms with Crippen LogP contribution in [0.2, 0.25) is 0 Å². The number of nitrogens with one attached hydrogen (secondary N) is 1. The van der Waals surface area contributed by atoms with Crippen LogP contribution in [0.5, 0.6) is 0 Å². The summed E-state index contributed by atoms with van der Waals surface area (Å²) in [6, 6.07) is 7.79. The minimum Gasteiger partial charge on any atom is -0.420 e. The van der Waals surface area contributed by atoms with Crippen molar-refractivity contribution in [2.45, 2.75) is 39.7 Å². The van der Waals surface area contributed by atoms with Crippen molar-refractivity contribution < 1.29 is 22.8 Å². The van der Waals surface area contributed by atoms with E-state index in [1.807, 2.05) is 31.2 Å². The molecule has 0 unspecified atom stereocenters. The summed E-state index contributed by atoms with van der Waals surface area (Å²) < 4.78 is 35.9. The van der Waals surface area contributed by atoms with Crippen LogP contribution in [0.25, 0.3) is 11.5 Å². The normalized spacial score (nSPS) is 17.4. The standard InChI is InChI=1S/C19H27N2O5P/c1-4-24-27(22,25-5-2)19-18(20-13-16-10-7-11-23-16)26-17(21-19)15-9-6-8-14(3)12-15/h6,8-9,12,16,20H,4-5,7,10-11,13H2,1-3H3/t16-/m0/s1. The van der Waals surface area contributed by atoms with Crippen molar-refractivity contribution in [1.29, 1.82) is 0 Å². The lowest BCUT2D eigenvalue weighted by molar-refractivity contribution is 0.120. The van der Waals surface area contributed by atoms with E-state index in [0.717, 1.165) is 30.6 Å². The summed E-state index contributed by atoms with van der Waals surface area (Å²) in [7, 11) is -3.59. The van der Waals surface area contributed by atoms with Gasteiger partial charge in [-0.05, 0) is 45.7 Å². The van der Waals surface area contributed by atoms with E-state index in [9.17, 15) is 4.57 Å². The molecule has 0 amide bonds. The zero-order valence-electron chi connectivity index (χ0n) is 16.1. The monoisotopic (exact) mass is 394 g/mol. The first-order valence-electron chi connectivity index (χ1n) is 9.38. The maximum atomic E-state index is 13.3. The third-order valence-electron chi connectivity index (χ3n) is 4.25. The summed E-state index contributed by atoms with van der Waals surface area (Å²) >= 11 is 0. The molecular weight excluding hydrogens is 367 g/mol. The molecule has 27 heavy (non-hydrogen) atoms. The van der Waals surface area contributed by atoms with Crippen LogP contribution in [-0.4, -0.2) is 37.5 Å². The van der Waals surface area contributed by atoms with Crippen molar-refractivity contribution in [2.75, 3.05) is 31.7 Å². The molecule has 1 aliphatic heterocycles. The number of benzene rings is 1. The Labute approximate surface area is 159 Å². The SMILES string of the molecule is CCOP(=O)(OCC)c1nc(-c2cccc(C)c2)oc1NC[C@@H]1CCCO1. The molecule has 1 fully saturated rings. The first-order valence-corrected chi connectivity index (χ1v) is 10.9. The third kappa shape index (κ3) is 4.79. The molecule has 2 aromatic rings. The van der Waals surface area contributed by atoms with Crippen LogP contribution in [0.3, 0.4) is 0 Å². The number of hydrogen-bond donors (Lipinski definition) is 1. The second kappa shape index (κ2) is 9.02. The van der Waals surface area contributed by atoms with Crippen LogP contribution < -0.4 is 10.8 Å². The second-order valence-electron chi connectivity index (χ2n) is 6.39. The maximum absolute atomic E-state index is 13.3. The van der Waals surface area contributed by atoms with Gasteiger partial charge in [-0.3, -0.25) is 4.57 Å². The van der Waals surface area contributed by atoms with E-state index < -0.39 is 7.60 Å². The summed E-state index contributed by atoms with van der Waals surface area (Å²) in [6.07, 6.45) is 2.13. The van der Waals surface area contributed by atoms with E-state index in [4.69, 9.17) is 18.2 Å². The van der Waals surface area contributed by atoms with Crippen LogP contribution in [0.1, 0.15) is 32.3 Å². The lowest BCUT2D eigenvalue weighted by atomic mass is 10.1. The van der Waals surface area contributed by atoms with E-state index in [1.165, 1.54) is 0 Å². The molecule has 1 N–H and O–H groups in total. The van der Waals surface area contributed by atoms with Crippen LogP contribution in [-0.2, 0) is 18.3 Å². The number of ether oxygens (including phenoxy) is 1. The number of aryl methyl sites for hydroxylation is 1. The molecule has 1 saturated heterocycles. The molecule has 0 bridgehead atoms. The number of oxazole rings is 1. The molecule has 1 aromatic carbocycles. The predicted molar refractivity (Wildman–Crippen MR) is 105 cm³/mol. The molecule has 1 aromatic heterocycles. The molecule has 1 aliphatic rings. The Kier molecular flexibility index (Phi) is 6.71. The Morgan fingerprint density at radius 3 is 2.70 bits per heavy atom. The highest BCUT2D eigenvalue weighted by Crippen LogP contribution is 2.49. The van der Waals surface area contributed by atoms with Gasteiger partial charge in [0, 0.05) is 18.7 Å². The highest BCUT2D eigenvalue weighted by atomic mass is 31.2. The smallest absolute Gasteiger partial charge is 0.385 e. The third-order valence-corrected chi connectivity index (χ3v) is 6.26. The van der Waals surface area contributed by atoms with Gasteiger partial charge in [0.2, 0.25) is 17.2 Å². The fourth-order valence-electron chi connectivity index (χ4n) is 3.03. The molecule has 8 heteroatoms. The minimum atomic E-state index is -3.59. The van der Waals surface area contributed by atoms with Crippen molar-refractivity contribution in [3.8, 4) is 11.5 Å². The largest absolute Gasteiger partial charge is 0.420 e. The Morgan fingerprint density at radius 2 is 2.07 bits per heavy atom. The highest BCUT2D eigenvalue weighted by Gasteiger charge is 2.36. The van der Waals surface area contributed by atoms with Gasteiger partial charge in [0.05, 0.1) is 19.3 Å². The molecule has 0 spiro atoms. The fourth-order valence-corrected chi connectivity index (χ4v) is 4.61. The Morgan fingerprint density at radius 1 is 1.30 bits per heavy atom. The second-order valence-corrected chi connectivity index (χ2v) is 8.33. The lowest BCUT2D eigenvalue weighted by Crippen LogP contribution is -2.22. The minimum absolute atomic E-state index is 0.101. The maximum Gasteiger partial charge on any atom is 0.385 e. The van der Waals surface area contributed by atoms with Gasteiger partial charge >= 0.3 is 7.60 Å². The summed E-state index contributed by atoms with van der Waals surface area (Å²) in [6.45, 7) is 7.34. The number of anilines is 1. The number of aromatic nitrogens is 1. The summed E-state index contributed by atoms with van der Waals surface area (Å²) in [5.41, 5.74) is 2.07. The molecule has 0 aliphatic carbocycles. The van der Waals surface area contributed by atoms with Crippen LogP contribution in [0.4, 0.5) is 5.88 Å². The zero-order chi connectivity index (χ0) is 19.3. The predicted octanol–water partition coefficient (Wildman–Crippen LogP) is 4.13. The van der Waals surface area contributed by atoms with E-state index >= 15 is 0 Å². The van der Waals surface area contributed by atoms with Crippen molar-refractivity contribution in [1.82, 2.24) is 4.98 Å². The highest BCUT2D eigenvalue weighted by molar-refractivity contribution is 7.62. The summed E-state index contributed by atoms with van der Waals surface area (Å²) in [5, 5.41) is 3.20. The van der Waals surface area contributed by atoms with Gasteiger partial charge in [-0.25, -0.2) is 0 Å². The van der Waals surface area contributed by atoms with Crippen LogP contribution in [0, 0.1) is 6.92 Å².